The third kappa shape index (κ3) is 6.46. The molecule has 1 unspecified atom stereocenters. The van der Waals surface area contributed by atoms with E-state index < -0.39 is 0 Å². The van der Waals surface area contributed by atoms with Crippen molar-refractivity contribution in [2.45, 2.75) is 52.1 Å². The van der Waals surface area contributed by atoms with E-state index in [2.05, 4.69) is 39.8 Å². The first-order valence-corrected chi connectivity index (χ1v) is 11.5. The average Bonchev–Trinajstić information content (AvgIpc) is 2.85. The lowest BCUT2D eigenvalue weighted by atomic mass is 9.94. The first kappa shape index (κ1) is 25.0. The number of ether oxygens (including phenoxy) is 2. The van der Waals surface area contributed by atoms with Gasteiger partial charge in [-0.3, -0.25) is 4.79 Å². The molecule has 9 heteroatoms. The molecule has 0 aliphatic heterocycles. The van der Waals surface area contributed by atoms with Crippen LogP contribution in [0.2, 0.25) is 0 Å². The van der Waals surface area contributed by atoms with Crippen LogP contribution in [0, 0.1) is 0 Å². The van der Waals surface area contributed by atoms with Crippen LogP contribution in [-0.4, -0.2) is 47.2 Å². The van der Waals surface area contributed by atoms with Gasteiger partial charge < -0.3 is 25.4 Å². The van der Waals surface area contributed by atoms with Crippen LogP contribution in [0.25, 0.3) is 11.0 Å². The molecule has 0 fully saturated rings. The van der Waals surface area contributed by atoms with E-state index in [4.69, 9.17) is 14.5 Å². The van der Waals surface area contributed by atoms with Gasteiger partial charge >= 0.3 is 0 Å². The van der Waals surface area contributed by atoms with Gasteiger partial charge in [0.2, 0.25) is 11.9 Å². The zero-order chi connectivity index (χ0) is 24.6. The van der Waals surface area contributed by atoms with Gasteiger partial charge in [0.15, 0.2) is 5.65 Å². The summed E-state index contributed by atoms with van der Waals surface area (Å²) in [5.41, 5.74) is 1.15. The van der Waals surface area contributed by atoms with Crippen LogP contribution in [0.4, 0.5) is 11.8 Å². The molecule has 3 aromatic rings. The normalized spacial score (nSPS) is 12.6. The molecule has 0 saturated carbocycles. The molecule has 9 nitrogen and oxygen atoms in total. The van der Waals surface area contributed by atoms with Gasteiger partial charge in [0, 0.05) is 37.8 Å². The summed E-state index contributed by atoms with van der Waals surface area (Å²) in [5, 5.41) is 10.6. The summed E-state index contributed by atoms with van der Waals surface area (Å²) < 4.78 is 10.8. The maximum atomic E-state index is 11.6. The molecule has 182 valence electrons. The zero-order valence-electron chi connectivity index (χ0n) is 20.6. The van der Waals surface area contributed by atoms with E-state index in [1.165, 1.54) is 6.92 Å². The van der Waals surface area contributed by atoms with E-state index in [0.717, 1.165) is 36.0 Å². The molecule has 1 amide bonds. The molecule has 2 heterocycles. The fraction of sp³-hybridized carbons (Fsp3) is 0.440. The van der Waals surface area contributed by atoms with Crippen LogP contribution in [0.15, 0.2) is 36.5 Å². The van der Waals surface area contributed by atoms with Crippen LogP contribution in [0.3, 0.4) is 0 Å². The number of nitrogens with zero attached hydrogens (tertiary/aromatic N) is 3. The highest BCUT2D eigenvalue weighted by Gasteiger charge is 2.26. The fourth-order valence-corrected chi connectivity index (χ4v) is 3.68. The van der Waals surface area contributed by atoms with E-state index in [0.29, 0.717) is 36.3 Å². The number of rotatable bonds is 12. The number of methoxy groups -OCH3 is 2. The Kier molecular flexibility index (Phi) is 8.45. The predicted molar refractivity (Wildman–Crippen MR) is 134 cm³/mol. The summed E-state index contributed by atoms with van der Waals surface area (Å²) in [6.07, 6.45) is 4.66. The topological polar surface area (TPSA) is 110 Å². The van der Waals surface area contributed by atoms with Gasteiger partial charge in [0.1, 0.15) is 17.3 Å². The first-order chi connectivity index (χ1) is 16.4. The second-order valence-electron chi connectivity index (χ2n) is 8.50. The molecule has 1 atom stereocenters. The Morgan fingerprint density at radius 1 is 1.15 bits per heavy atom. The van der Waals surface area contributed by atoms with Gasteiger partial charge in [-0.05, 0) is 37.6 Å². The number of fused-ring (bicyclic) bond motifs is 1. The molecule has 3 rings (SSSR count). The van der Waals surface area contributed by atoms with Crippen molar-refractivity contribution in [2.24, 2.45) is 0 Å². The third-order valence-corrected chi connectivity index (χ3v) is 5.63. The van der Waals surface area contributed by atoms with Gasteiger partial charge in [0.25, 0.3) is 0 Å². The lowest BCUT2D eigenvalue weighted by Gasteiger charge is -2.32. The molecule has 0 bridgehead atoms. The van der Waals surface area contributed by atoms with Crippen molar-refractivity contribution in [3.63, 3.8) is 0 Å². The molecule has 3 N–H and O–H groups in total. The Hall–Kier alpha value is -3.62. The lowest BCUT2D eigenvalue weighted by Crippen LogP contribution is -2.46. The highest BCUT2D eigenvalue weighted by atomic mass is 16.5. The maximum Gasteiger partial charge on any atom is 0.227 e. The SMILES string of the molecule is CCCCC(C)(CNC(C)=O)Nc1nc(NCc2ccc(OC)cc2OC)nc2ncccc12. The Morgan fingerprint density at radius 2 is 1.97 bits per heavy atom. The van der Waals surface area contributed by atoms with E-state index in [9.17, 15) is 4.79 Å². The van der Waals surface area contributed by atoms with Crippen molar-refractivity contribution in [2.75, 3.05) is 31.4 Å². The predicted octanol–water partition coefficient (Wildman–Crippen LogP) is 4.15. The molecule has 0 spiro atoms. The van der Waals surface area contributed by atoms with Crippen molar-refractivity contribution in [1.29, 1.82) is 0 Å². The van der Waals surface area contributed by atoms with E-state index >= 15 is 0 Å². The number of carbonyl (C=O) groups excluding carboxylic acids is 1. The quantitative estimate of drug-likeness (QED) is 0.365. The van der Waals surface area contributed by atoms with Gasteiger partial charge in [0.05, 0.1) is 25.1 Å². The molecule has 34 heavy (non-hydrogen) atoms. The smallest absolute Gasteiger partial charge is 0.227 e. The van der Waals surface area contributed by atoms with Crippen LogP contribution in [-0.2, 0) is 11.3 Å². The molecule has 2 aromatic heterocycles. The standard InChI is InChI=1S/C25H34N6O3/c1-6-7-12-25(3,16-28-17(2)32)31-23-20-9-8-13-26-22(20)29-24(30-23)27-15-18-10-11-19(33-4)14-21(18)34-5/h8-11,13-14H,6-7,12,15-16H2,1-5H3,(H,28,32)(H2,26,27,29,30,31). The number of anilines is 2. The largest absolute Gasteiger partial charge is 0.497 e. The first-order valence-electron chi connectivity index (χ1n) is 11.5. The summed E-state index contributed by atoms with van der Waals surface area (Å²) in [5.74, 6) is 2.50. The number of nitrogens with one attached hydrogen (secondary N) is 3. The minimum absolute atomic E-state index is 0.0606. The second-order valence-corrected chi connectivity index (χ2v) is 8.50. The fourth-order valence-electron chi connectivity index (χ4n) is 3.68. The highest BCUT2D eigenvalue weighted by molar-refractivity contribution is 5.87. The number of amides is 1. The number of benzene rings is 1. The van der Waals surface area contributed by atoms with Crippen molar-refractivity contribution < 1.29 is 14.3 Å². The van der Waals surface area contributed by atoms with Crippen molar-refractivity contribution in [3.05, 3.63) is 42.1 Å². The van der Waals surface area contributed by atoms with Gasteiger partial charge in [-0.2, -0.15) is 9.97 Å². The van der Waals surface area contributed by atoms with Crippen LogP contribution in [0.1, 0.15) is 45.6 Å². The minimum atomic E-state index is -0.380. The Morgan fingerprint density at radius 3 is 2.68 bits per heavy atom. The Balaban J connectivity index is 1.89. The molecular formula is C25H34N6O3. The Bertz CT molecular complexity index is 1120. The summed E-state index contributed by atoms with van der Waals surface area (Å²) >= 11 is 0. The molecule has 0 radical (unpaired) electrons. The van der Waals surface area contributed by atoms with Crippen LogP contribution in [0.5, 0.6) is 11.5 Å². The van der Waals surface area contributed by atoms with E-state index in [1.54, 1.807) is 20.4 Å². The maximum absolute atomic E-state index is 11.6. The molecule has 0 saturated heterocycles. The summed E-state index contributed by atoms with van der Waals surface area (Å²) in [6, 6.07) is 9.48. The number of hydrogen-bond donors (Lipinski definition) is 3. The summed E-state index contributed by atoms with van der Waals surface area (Å²) in [6.45, 7) is 6.72. The van der Waals surface area contributed by atoms with Crippen molar-refractivity contribution in [1.82, 2.24) is 20.3 Å². The molecule has 1 aromatic carbocycles. The van der Waals surface area contributed by atoms with Crippen LogP contribution >= 0.6 is 0 Å². The number of unbranched alkanes of at least 4 members (excludes halogenated alkanes) is 1. The van der Waals surface area contributed by atoms with Crippen molar-refractivity contribution >= 4 is 28.7 Å². The number of carbonyl (C=O) groups is 1. The van der Waals surface area contributed by atoms with Gasteiger partial charge in [-0.25, -0.2) is 4.98 Å². The Labute approximate surface area is 200 Å². The number of hydrogen-bond acceptors (Lipinski definition) is 8. The third-order valence-electron chi connectivity index (χ3n) is 5.63. The van der Waals surface area contributed by atoms with Gasteiger partial charge in [-0.1, -0.05) is 19.8 Å². The molecular weight excluding hydrogens is 432 g/mol. The number of aromatic nitrogens is 3. The average molecular weight is 467 g/mol. The summed E-state index contributed by atoms with van der Waals surface area (Å²) in [4.78, 5) is 25.4. The molecule has 0 aliphatic rings. The van der Waals surface area contributed by atoms with E-state index in [-0.39, 0.29) is 11.4 Å². The lowest BCUT2D eigenvalue weighted by molar-refractivity contribution is -0.119. The molecule has 0 aliphatic carbocycles. The zero-order valence-corrected chi connectivity index (χ0v) is 20.6. The second kappa shape index (κ2) is 11.5. The van der Waals surface area contributed by atoms with Gasteiger partial charge in [-0.15, -0.1) is 0 Å². The van der Waals surface area contributed by atoms with E-state index in [1.807, 2.05) is 30.3 Å². The monoisotopic (exact) mass is 466 g/mol. The minimum Gasteiger partial charge on any atom is -0.497 e. The number of pyridine rings is 1. The summed E-state index contributed by atoms with van der Waals surface area (Å²) in [7, 11) is 3.25. The van der Waals surface area contributed by atoms with Crippen LogP contribution < -0.4 is 25.4 Å². The highest BCUT2D eigenvalue weighted by Crippen LogP contribution is 2.28. The van der Waals surface area contributed by atoms with Crippen molar-refractivity contribution in [3.8, 4) is 11.5 Å².